The van der Waals surface area contributed by atoms with Gasteiger partial charge in [-0.05, 0) is 42.8 Å². The van der Waals surface area contributed by atoms with Crippen molar-refractivity contribution in [2.75, 3.05) is 10.6 Å². The van der Waals surface area contributed by atoms with Crippen LogP contribution in [0.3, 0.4) is 0 Å². The van der Waals surface area contributed by atoms with Gasteiger partial charge in [0.25, 0.3) is 0 Å². The average Bonchev–Trinajstić information content (AvgIpc) is 2.56. The van der Waals surface area contributed by atoms with Crippen LogP contribution >= 0.6 is 11.6 Å². The Labute approximate surface area is 152 Å². The van der Waals surface area contributed by atoms with Crippen LogP contribution in [0.5, 0.6) is 0 Å². The number of halogens is 4. The topological polar surface area (TPSA) is 62.7 Å². The van der Waals surface area contributed by atoms with Crippen LogP contribution in [0.25, 0.3) is 0 Å². The molecule has 3 aromatic rings. The van der Waals surface area contributed by atoms with Crippen molar-refractivity contribution in [1.29, 1.82) is 0 Å². The fourth-order valence-electron chi connectivity index (χ4n) is 2.27. The number of nitrogens with one attached hydrogen (secondary N) is 2. The molecule has 0 saturated carbocycles. The van der Waals surface area contributed by atoms with Crippen LogP contribution in [-0.4, -0.2) is 15.2 Å². The van der Waals surface area contributed by atoms with Gasteiger partial charge in [0.1, 0.15) is 0 Å². The van der Waals surface area contributed by atoms with Gasteiger partial charge in [0, 0.05) is 10.7 Å². The summed E-state index contributed by atoms with van der Waals surface area (Å²) in [6.45, 7) is 1.93. The van der Waals surface area contributed by atoms with Gasteiger partial charge >= 0.3 is 6.18 Å². The monoisotopic (exact) mass is 379 g/mol. The second-order valence-electron chi connectivity index (χ2n) is 5.47. The molecule has 26 heavy (non-hydrogen) atoms. The number of benzene rings is 2. The molecule has 0 fully saturated rings. The zero-order chi connectivity index (χ0) is 18.7. The van der Waals surface area contributed by atoms with E-state index in [1.54, 1.807) is 0 Å². The summed E-state index contributed by atoms with van der Waals surface area (Å²) < 4.78 is 39.5. The summed E-state index contributed by atoms with van der Waals surface area (Å²) in [6, 6.07) is 10.9. The van der Waals surface area contributed by atoms with E-state index in [0.29, 0.717) is 0 Å². The summed E-state index contributed by atoms with van der Waals surface area (Å²) >= 11 is 5.68. The molecule has 9 heteroatoms. The first-order valence-electron chi connectivity index (χ1n) is 7.48. The van der Waals surface area contributed by atoms with Crippen LogP contribution in [0.2, 0.25) is 5.02 Å². The summed E-state index contributed by atoms with van der Waals surface area (Å²) in [5.74, 6) is 0.270. The third-order valence-corrected chi connectivity index (χ3v) is 3.62. The predicted molar refractivity (Wildman–Crippen MR) is 94.0 cm³/mol. The van der Waals surface area contributed by atoms with Crippen molar-refractivity contribution >= 4 is 34.7 Å². The molecule has 2 N–H and O–H groups in total. The summed E-state index contributed by atoms with van der Waals surface area (Å²) in [7, 11) is 0. The van der Waals surface area contributed by atoms with Crippen molar-refractivity contribution in [3.05, 3.63) is 64.8 Å². The molecule has 0 spiro atoms. The van der Waals surface area contributed by atoms with E-state index < -0.39 is 11.7 Å². The summed E-state index contributed by atoms with van der Waals surface area (Å²) in [5, 5.41) is 13.2. The Bertz CT molecular complexity index is 930. The number of hydrogen-bond donors (Lipinski definition) is 2. The smallest absolute Gasteiger partial charge is 0.338 e. The van der Waals surface area contributed by atoms with Gasteiger partial charge in [0.15, 0.2) is 5.82 Å². The molecule has 0 saturated heterocycles. The summed E-state index contributed by atoms with van der Waals surface area (Å²) in [6.07, 6.45) is -3.33. The molecule has 0 bridgehead atoms. The Hall–Kier alpha value is -2.87. The first-order valence-corrected chi connectivity index (χ1v) is 7.86. The number of nitrogens with zero attached hydrogens (tertiary/aromatic N) is 3. The van der Waals surface area contributed by atoms with Gasteiger partial charge in [-0.1, -0.05) is 23.7 Å². The predicted octanol–water partition coefficient (Wildman–Crippen LogP) is 5.34. The molecule has 3 rings (SSSR count). The first-order chi connectivity index (χ1) is 12.3. The van der Waals surface area contributed by atoms with Gasteiger partial charge in [-0.25, -0.2) is 0 Å². The van der Waals surface area contributed by atoms with E-state index in [1.165, 1.54) is 18.3 Å². The molecule has 1 heterocycles. The van der Waals surface area contributed by atoms with E-state index in [1.807, 2.05) is 31.2 Å². The highest BCUT2D eigenvalue weighted by Crippen LogP contribution is 2.37. The van der Waals surface area contributed by atoms with E-state index in [9.17, 15) is 13.2 Å². The third-order valence-electron chi connectivity index (χ3n) is 3.38. The standard InChI is InChI=1S/C17H13ClF3N5/c1-10-3-2-4-12(7-10)23-16-25-15(9-22-26-16)24-14-6-5-11(18)8-13(14)17(19,20)21/h2-9H,1H3,(H2,23,24,25,26). The molecule has 0 aliphatic heterocycles. The van der Waals surface area contributed by atoms with E-state index in [2.05, 4.69) is 25.8 Å². The highest BCUT2D eigenvalue weighted by Gasteiger charge is 2.34. The van der Waals surface area contributed by atoms with E-state index in [0.717, 1.165) is 17.3 Å². The lowest BCUT2D eigenvalue weighted by Crippen LogP contribution is -2.10. The van der Waals surface area contributed by atoms with Crippen LogP contribution in [0, 0.1) is 6.92 Å². The van der Waals surface area contributed by atoms with Gasteiger partial charge in [-0.2, -0.15) is 23.3 Å². The molecule has 0 aliphatic rings. The molecule has 0 radical (unpaired) electrons. The largest absolute Gasteiger partial charge is 0.418 e. The first kappa shape index (κ1) is 17.9. The quantitative estimate of drug-likeness (QED) is 0.640. The van der Waals surface area contributed by atoms with Crippen molar-refractivity contribution in [1.82, 2.24) is 15.2 Å². The second kappa shape index (κ2) is 7.17. The van der Waals surface area contributed by atoms with E-state index >= 15 is 0 Å². The summed E-state index contributed by atoms with van der Waals surface area (Å²) in [4.78, 5) is 4.14. The molecular formula is C17H13ClF3N5. The van der Waals surface area contributed by atoms with E-state index in [4.69, 9.17) is 11.6 Å². The Morgan fingerprint density at radius 3 is 2.58 bits per heavy atom. The molecule has 5 nitrogen and oxygen atoms in total. The van der Waals surface area contributed by atoms with Gasteiger partial charge < -0.3 is 10.6 Å². The molecule has 1 aromatic heterocycles. The summed E-state index contributed by atoms with van der Waals surface area (Å²) in [5.41, 5.74) is 0.709. The Balaban J connectivity index is 1.86. The van der Waals surface area contributed by atoms with Crippen LogP contribution in [0.4, 0.5) is 36.3 Å². The van der Waals surface area contributed by atoms with Crippen molar-refractivity contribution in [3.8, 4) is 0 Å². The van der Waals surface area contributed by atoms with Crippen LogP contribution < -0.4 is 10.6 Å². The van der Waals surface area contributed by atoms with Gasteiger partial charge in [0.05, 0.1) is 17.4 Å². The molecule has 0 amide bonds. The normalized spacial score (nSPS) is 11.3. The molecular weight excluding hydrogens is 367 g/mol. The van der Waals surface area contributed by atoms with Crippen LogP contribution in [-0.2, 0) is 6.18 Å². The Morgan fingerprint density at radius 2 is 1.85 bits per heavy atom. The number of hydrogen-bond acceptors (Lipinski definition) is 5. The van der Waals surface area contributed by atoms with Gasteiger partial charge in [-0.15, -0.1) is 5.10 Å². The lowest BCUT2D eigenvalue weighted by Gasteiger charge is -2.14. The minimum atomic E-state index is -4.56. The van der Waals surface area contributed by atoms with E-state index in [-0.39, 0.29) is 22.5 Å². The molecule has 0 unspecified atom stereocenters. The van der Waals surface area contributed by atoms with Crippen molar-refractivity contribution in [3.63, 3.8) is 0 Å². The SMILES string of the molecule is Cc1cccc(Nc2nncc(Nc3ccc(Cl)cc3C(F)(F)F)n2)c1. The maximum Gasteiger partial charge on any atom is 0.418 e. The number of aryl methyl sites for hydroxylation is 1. The van der Waals surface area contributed by atoms with Crippen molar-refractivity contribution in [2.24, 2.45) is 0 Å². The number of aromatic nitrogens is 3. The van der Waals surface area contributed by atoms with Crippen molar-refractivity contribution < 1.29 is 13.2 Å². The minimum Gasteiger partial charge on any atom is -0.338 e. The zero-order valence-electron chi connectivity index (χ0n) is 13.5. The lowest BCUT2D eigenvalue weighted by molar-refractivity contribution is -0.136. The Morgan fingerprint density at radius 1 is 1.04 bits per heavy atom. The van der Waals surface area contributed by atoms with Crippen LogP contribution in [0.1, 0.15) is 11.1 Å². The minimum absolute atomic E-state index is 0.00880. The molecule has 0 atom stereocenters. The zero-order valence-corrected chi connectivity index (χ0v) is 14.2. The molecule has 134 valence electrons. The highest BCUT2D eigenvalue weighted by atomic mass is 35.5. The fourth-order valence-corrected chi connectivity index (χ4v) is 2.44. The molecule has 0 aliphatic carbocycles. The van der Waals surface area contributed by atoms with Crippen molar-refractivity contribution in [2.45, 2.75) is 13.1 Å². The third kappa shape index (κ3) is 4.40. The van der Waals surface area contributed by atoms with Crippen LogP contribution in [0.15, 0.2) is 48.7 Å². The number of alkyl halides is 3. The van der Waals surface area contributed by atoms with Gasteiger partial charge in [-0.3, -0.25) is 0 Å². The number of anilines is 4. The maximum absolute atomic E-state index is 13.2. The fraction of sp³-hybridized carbons (Fsp3) is 0.118. The highest BCUT2D eigenvalue weighted by molar-refractivity contribution is 6.30. The maximum atomic E-state index is 13.2. The Kier molecular flexibility index (Phi) is 4.94. The number of rotatable bonds is 4. The molecule has 2 aromatic carbocycles. The second-order valence-corrected chi connectivity index (χ2v) is 5.91. The average molecular weight is 380 g/mol. The lowest BCUT2D eigenvalue weighted by atomic mass is 10.1. The van der Waals surface area contributed by atoms with Gasteiger partial charge in [0.2, 0.25) is 5.95 Å².